The highest BCUT2D eigenvalue weighted by Gasteiger charge is 2.21. The molecule has 0 saturated carbocycles. The van der Waals surface area contributed by atoms with Crippen LogP contribution in [0, 0.1) is 0 Å². The maximum absolute atomic E-state index is 11.9. The molecule has 1 aliphatic heterocycles. The van der Waals surface area contributed by atoms with Crippen LogP contribution in [0.2, 0.25) is 0 Å². The van der Waals surface area contributed by atoms with Gasteiger partial charge in [-0.15, -0.1) is 0 Å². The second-order valence-electron chi connectivity index (χ2n) is 5.77. The molecule has 25 heavy (non-hydrogen) atoms. The van der Waals surface area contributed by atoms with Gasteiger partial charge < -0.3 is 24.6 Å². The summed E-state index contributed by atoms with van der Waals surface area (Å²) in [5, 5.41) is 10.0. The van der Waals surface area contributed by atoms with Gasteiger partial charge in [0.15, 0.2) is 11.5 Å². The number of hydrogen-bond donors (Lipinski definition) is 2. The zero-order chi connectivity index (χ0) is 17.6. The molecule has 2 heterocycles. The number of carbonyl (C=O) groups is 1. The Morgan fingerprint density at radius 1 is 1.36 bits per heavy atom. The van der Waals surface area contributed by atoms with E-state index < -0.39 is 0 Å². The molecule has 134 valence electrons. The molecular formula is C17H22N4O4. The monoisotopic (exact) mass is 346 g/mol. The molecule has 1 aliphatic rings. The van der Waals surface area contributed by atoms with Crippen molar-refractivity contribution in [2.75, 3.05) is 27.3 Å². The Morgan fingerprint density at radius 2 is 2.20 bits per heavy atom. The highest BCUT2D eigenvalue weighted by molar-refractivity contribution is 5.81. The number of rotatable bonds is 7. The first kappa shape index (κ1) is 17.2. The lowest BCUT2D eigenvalue weighted by atomic mass is 10.2. The Labute approximate surface area is 145 Å². The van der Waals surface area contributed by atoms with Gasteiger partial charge in [0.2, 0.25) is 17.6 Å². The first-order chi connectivity index (χ1) is 12.2. The van der Waals surface area contributed by atoms with Gasteiger partial charge in [-0.25, -0.2) is 0 Å². The quantitative estimate of drug-likeness (QED) is 0.776. The lowest BCUT2D eigenvalue weighted by molar-refractivity contribution is -0.122. The maximum Gasteiger partial charge on any atom is 0.237 e. The fourth-order valence-electron chi connectivity index (χ4n) is 2.77. The minimum atomic E-state index is -0.0787. The first-order valence-corrected chi connectivity index (χ1v) is 8.27. The highest BCUT2D eigenvalue weighted by Crippen LogP contribution is 2.31. The van der Waals surface area contributed by atoms with Crippen LogP contribution in [-0.4, -0.2) is 49.4 Å². The molecule has 8 heteroatoms. The number of ether oxygens (including phenoxy) is 2. The number of hydrogen-bond acceptors (Lipinski definition) is 7. The first-order valence-electron chi connectivity index (χ1n) is 8.27. The van der Waals surface area contributed by atoms with Crippen molar-refractivity contribution in [2.45, 2.75) is 25.3 Å². The van der Waals surface area contributed by atoms with Crippen molar-refractivity contribution >= 4 is 5.91 Å². The molecule has 1 unspecified atom stereocenters. The van der Waals surface area contributed by atoms with Crippen LogP contribution in [0.4, 0.5) is 0 Å². The smallest absolute Gasteiger partial charge is 0.237 e. The van der Waals surface area contributed by atoms with E-state index in [1.165, 1.54) is 0 Å². The van der Waals surface area contributed by atoms with E-state index in [-0.39, 0.29) is 11.9 Å². The lowest BCUT2D eigenvalue weighted by Crippen LogP contribution is -2.41. The summed E-state index contributed by atoms with van der Waals surface area (Å²) in [6, 6.07) is 5.34. The third-order valence-electron chi connectivity index (χ3n) is 4.12. The van der Waals surface area contributed by atoms with E-state index >= 15 is 0 Å². The Kier molecular flexibility index (Phi) is 5.49. The normalized spacial score (nSPS) is 16.6. The molecule has 1 amide bonds. The Morgan fingerprint density at radius 3 is 2.92 bits per heavy atom. The minimum absolute atomic E-state index is 0.0251. The van der Waals surface area contributed by atoms with Crippen molar-refractivity contribution in [2.24, 2.45) is 0 Å². The third kappa shape index (κ3) is 4.08. The van der Waals surface area contributed by atoms with E-state index in [1.807, 2.05) is 6.07 Å². The summed E-state index contributed by atoms with van der Waals surface area (Å²) in [6.07, 6.45) is 2.41. The van der Waals surface area contributed by atoms with Gasteiger partial charge in [0.1, 0.15) is 0 Å². The second-order valence-corrected chi connectivity index (χ2v) is 5.77. The maximum atomic E-state index is 11.9. The number of amides is 1. The fourth-order valence-corrected chi connectivity index (χ4v) is 2.77. The molecule has 2 aromatic rings. The standard InChI is InChI=1S/C17H22N4O4/c1-23-13-6-5-11(10-14(13)24-2)16-20-15(25-21-16)7-9-19-17(22)12-4-3-8-18-12/h5-6,10,12,18H,3-4,7-9H2,1-2H3,(H,19,22). The van der Waals surface area contributed by atoms with Crippen molar-refractivity contribution in [3.05, 3.63) is 24.1 Å². The number of carbonyl (C=O) groups excluding carboxylic acids is 1. The van der Waals surface area contributed by atoms with Gasteiger partial charge in [-0.3, -0.25) is 4.79 Å². The van der Waals surface area contributed by atoms with Crippen molar-refractivity contribution in [3.8, 4) is 22.9 Å². The predicted molar refractivity (Wildman–Crippen MR) is 90.6 cm³/mol. The topological polar surface area (TPSA) is 98.5 Å². The van der Waals surface area contributed by atoms with E-state index in [2.05, 4.69) is 20.8 Å². The van der Waals surface area contributed by atoms with Crippen LogP contribution >= 0.6 is 0 Å². The van der Waals surface area contributed by atoms with Crippen LogP contribution in [0.3, 0.4) is 0 Å². The van der Waals surface area contributed by atoms with Crippen molar-refractivity contribution in [3.63, 3.8) is 0 Å². The van der Waals surface area contributed by atoms with Gasteiger partial charge in [0.25, 0.3) is 0 Å². The van der Waals surface area contributed by atoms with Crippen LogP contribution in [-0.2, 0) is 11.2 Å². The van der Waals surface area contributed by atoms with Gasteiger partial charge in [-0.05, 0) is 37.6 Å². The van der Waals surface area contributed by atoms with Gasteiger partial charge in [0, 0.05) is 18.5 Å². The zero-order valence-corrected chi connectivity index (χ0v) is 14.4. The van der Waals surface area contributed by atoms with Gasteiger partial charge in [0.05, 0.1) is 20.3 Å². The Bertz CT molecular complexity index is 725. The van der Waals surface area contributed by atoms with Gasteiger partial charge >= 0.3 is 0 Å². The molecule has 2 N–H and O–H groups in total. The summed E-state index contributed by atoms with van der Waals surface area (Å²) in [5.74, 6) is 2.21. The summed E-state index contributed by atoms with van der Waals surface area (Å²) in [6.45, 7) is 1.36. The van der Waals surface area contributed by atoms with Crippen molar-refractivity contribution in [1.82, 2.24) is 20.8 Å². The molecular weight excluding hydrogens is 324 g/mol. The largest absolute Gasteiger partial charge is 0.493 e. The summed E-state index contributed by atoms with van der Waals surface area (Å²) < 4.78 is 15.8. The molecule has 1 aromatic carbocycles. The second kappa shape index (κ2) is 7.98. The summed E-state index contributed by atoms with van der Waals surface area (Å²) in [7, 11) is 3.16. The summed E-state index contributed by atoms with van der Waals surface area (Å²) >= 11 is 0. The van der Waals surface area contributed by atoms with E-state index in [0.29, 0.717) is 36.2 Å². The summed E-state index contributed by atoms with van der Waals surface area (Å²) in [4.78, 5) is 16.3. The van der Waals surface area contributed by atoms with Crippen LogP contribution < -0.4 is 20.1 Å². The van der Waals surface area contributed by atoms with Crippen molar-refractivity contribution < 1.29 is 18.8 Å². The molecule has 0 aliphatic carbocycles. The van der Waals surface area contributed by atoms with E-state index in [4.69, 9.17) is 14.0 Å². The molecule has 1 atom stereocenters. The number of nitrogens with one attached hydrogen (secondary N) is 2. The number of benzene rings is 1. The van der Waals surface area contributed by atoms with E-state index in [9.17, 15) is 4.79 Å². The average Bonchev–Trinajstić information content (AvgIpc) is 3.33. The molecule has 3 rings (SSSR count). The number of nitrogens with zero attached hydrogens (tertiary/aromatic N) is 2. The molecule has 8 nitrogen and oxygen atoms in total. The van der Waals surface area contributed by atoms with E-state index in [1.54, 1.807) is 26.4 Å². The predicted octanol–water partition coefficient (Wildman–Crippen LogP) is 1.16. The SMILES string of the molecule is COc1ccc(-c2noc(CCNC(=O)C3CCCN3)n2)cc1OC. The number of methoxy groups -OCH3 is 2. The highest BCUT2D eigenvalue weighted by atomic mass is 16.5. The Balaban J connectivity index is 1.57. The van der Waals surface area contributed by atoms with Crippen LogP contribution in [0.25, 0.3) is 11.4 Å². The average molecular weight is 346 g/mol. The molecule has 0 radical (unpaired) electrons. The zero-order valence-electron chi connectivity index (χ0n) is 14.4. The molecule has 0 spiro atoms. The lowest BCUT2D eigenvalue weighted by Gasteiger charge is -2.09. The Hall–Kier alpha value is -2.61. The fraction of sp³-hybridized carbons (Fsp3) is 0.471. The van der Waals surface area contributed by atoms with Crippen molar-refractivity contribution in [1.29, 1.82) is 0 Å². The van der Waals surface area contributed by atoms with E-state index in [0.717, 1.165) is 24.9 Å². The third-order valence-corrected chi connectivity index (χ3v) is 4.12. The van der Waals surface area contributed by atoms with Crippen LogP contribution in [0.5, 0.6) is 11.5 Å². The molecule has 1 saturated heterocycles. The molecule has 0 bridgehead atoms. The summed E-state index contributed by atoms with van der Waals surface area (Å²) in [5.41, 5.74) is 0.770. The van der Waals surface area contributed by atoms with Crippen LogP contribution in [0.1, 0.15) is 18.7 Å². The molecule has 1 aromatic heterocycles. The minimum Gasteiger partial charge on any atom is -0.493 e. The number of aromatic nitrogens is 2. The van der Waals surface area contributed by atoms with Gasteiger partial charge in [-0.2, -0.15) is 4.98 Å². The molecule has 1 fully saturated rings. The van der Waals surface area contributed by atoms with Gasteiger partial charge in [-0.1, -0.05) is 5.16 Å². The van der Waals surface area contributed by atoms with Crippen LogP contribution in [0.15, 0.2) is 22.7 Å².